The molecule has 0 aliphatic rings. The third-order valence-electron chi connectivity index (χ3n) is 3.04. The van der Waals surface area contributed by atoms with Crippen LogP contribution in [0.1, 0.15) is 5.56 Å². The second kappa shape index (κ2) is 6.34. The smallest absolute Gasteiger partial charge is 0.150 e. The van der Waals surface area contributed by atoms with Crippen molar-refractivity contribution < 1.29 is 4.39 Å². The van der Waals surface area contributed by atoms with Crippen LogP contribution in [0.3, 0.4) is 0 Å². The van der Waals surface area contributed by atoms with Gasteiger partial charge in [0, 0.05) is 22.3 Å². The Morgan fingerprint density at radius 3 is 2.90 bits per heavy atom. The summed E-state index contributed by atoms with van der Waals surface area (Å²) in [7, 11) is 0. The van der Waals surface area contributed by atoms with Crippen LogP contribution >= 0.6 is 39.0 Å². The summed E-state index contributed by atoms with van der Waals surface area (Å²) in [4.78, 5) is 4.50. The van der Waals surface area contributed by atoms with E-state index in [0.29, 0.717) is 12.1 Å². The van der Waals surface area contributed by atoms with Crippen molar-refractivity contribution in [3.63, 3.8) is 0 Å². The first-order valence-corrected chi connectivity index (χ1v) is 9.11. The van der Waals surface area contributed by atoms with Gasteiger partial charge in [-0.05, 0) is 36.6 Å². The SMILES string of the molecule is CSc1nc2ccc(NCc3ccc(Br)cc3F)cc2s1. The quantitative estimate of drug-likeness (QED) is 0.600. The lowest BCUT2D eigenvalue weighted by Crippen LogP contribution is -2.01. The molecular weight excluding hydrogens is 371 g/mol. The second-order valence-corrected chi connectivity index (χ2v) is 7.46. The zero-order valence-corrected chi connectivity index (χ0v) is 14.4. The van der Waals surface area contributed by atoms with Crippen LogP contribution in [0.5, 0.6) is 0 Å². The van der Waals surface area contributed by atoms with E-state index in [2.05, 4.69) is 32.3 Å². The molecular formula is C15H12BrFN2S2. The fraction of sp³-hybridized carbons (Fsp3) is 0.133. The van der Waals surface area contributed by atoms with E-state index in [-0.39, 0.29) is 5.82 Å². The molecule has 0 saturated heterocycles. The molecule has 2 aromatic carbocycles. The summed E-state index contributed by atoms with van der Waals surface area (Å²) in [6, 6.07) is 11.1. The van der Waals surface area contributed by atoms with Crippen LogP contribution in [0.2, 0.25) is 0 Å². The fourth-order valence-corrected chi connectivity index (χ4v) is 3.82. The number of benzene rings is 2. The van der Waals surface area contributed by atoms with Gasteiger partial charge >= 0.3 is 0 Å². The molecule has 0 aliphatic heterocycles. The minimum absolute atomic E-state index is 0.208. The Hall–Kier alpha value is -1.11. The monoisotopic (exact) mass is 382 g/mol. The first-order valence-electron chi connectivity index (χ1n) is 6.28. The summed E-state index contributed by atoms with van der Waals surface area (Å²) < 4.78 is 16.7. The third kappa shape index (κ3) is 3.39. The number of hydrogen-bond acceptors (Lipinski definition) is 4. The molecule has 1 N–H and O–H groups in total. The van der Waals surface area contributed by atoms with Gasteiger partial charge in [0.25, 0.3) is 0 Å². The number of halogens is 2. The highest BCUT2D eigenvalue weighted by molar-refractivity contribution is 9.10. The van der Waals surface area contributed by atoms with E-state index >= 15 is 0 Å². The summed E-state index contributed by atoms with van der Waals surface area (Å²) in [5.41, 5.74) is 2.62. The molecule has 21 heavy (non-hydrogen) atoms. The van der Waals surface area contributed by atoms with E-state index in [4.69, 9.17) is 0 Å². The number of nitrogens with one attached hydrogen (secondary N) is 1. The summed E-state index contributed by atoms with van der Waals surface area (Å²) >= 11 is 6.58. The summed E-state index contributed by atoms with van der Waals surface area (Å²) in [5.74, 6) is -0.208. The van der Waals surface area contributed by atoms with Crippen LogP contribution in [-0.4, -0.2) is 11.2 Å². The molecule has 2 nitrogen and oxygen atoms in total. The van der Waals surface area contributed by atoms with Crippen LogP contribution in [0.4, 0.5) is 10.1 Å². The molecule has 0 spiro atoms. The van der Waals surface area contributed by atoms with Gasteiger partial charge in [0.15, 0.2) is 4.34 Å². The number of anilines is 1. The number of fused-ring (bicyclic) bond motifs is 1. The molecule has 0 atom stereocenters. The number of nitrogens with zero attached hydrogens (tertiary/aromatic N) is 1. The van der Waals surface area contributed by atoms with Crippen LogP contribution in [0.25, 0.3) is 10.2 Å². The molecule has 3 aromatic rings. The topological polar surface area (TPSA) is 24.9 Å². The summed E-state index contributed by atoms with van der Waals surface area (Å²) in [6.45, 7) is 0.457. The van der Waals surface area contributed by atoms with Crippen molar-refractivity contribution in [2.24, 2.45) is 0 Å². The van der Waals surface area contributed by atoms with Gasteiger partial charge in [0.1, 0.15) is 5.82 Å². The van der Waals surface area contributed by atoms with E-state index in [1.807, 2.05) is 24.5 Å². The normalized spacial score (nSPS) is 11.0. The number of thioether (sulfide) groups is 1. The van der Waals surface area contributed by atoms with Crippen LogP contribution in [-0.2, 0) is 6.54 Å². The van der Waals surface area contributed by atoms with Crippen LogP contribution in [0, 0.1) is 5.82 Å². The summed E-state index contributed by atoms with van der Waals surface area (Å²) in [6.07, 6.45) is 2.02. The number of hydrogen-bond donors (Lipinski definition) is 1. The first kappa shape index (κ1) is 14.8. The molecule has 0 fully saturated rings. The zero-order valence-electron chi connectivity index (χ0n) is 11.2. The lowest BCUT2D eigenvalue weighted by atomic mass is 10.2. The molecule has 0 unspecified atom stereocenters. The van der Waals surface area contributed by atoms with Crippen molar-refractivity contribution in [3.05, 3.63) is 52.3 Å². The molecule has 0 amide bonds. The molecule has 0 aliphatic carbocycles. The van der Waals surface area contributed by atoms with Gasteiger partial charge in [0.2, 0.25) is 0 Å². The van der Waals surface area contributed by atoms with Gasteiger partial charge in [-0.3, -0.25) is 0 Å². The standard InChI is InChI=1S/C15H12BrFN2S2/c1-20-15-19-13-5-4-11(7-14(13)21-15)18-8-9-2-3-10(16)6-12(9)17/h2-7,18H,8H2,1H3. The van der Waals surface area contributed by atoms with E-state index in [1.165, 1.54) is 6.07 Å². The van der Waals surface area contributed by atoms with Gasteiger partial charge in [-0.1, -0.05) is 33.8 Å². The van der Waals surface area contributed by atoms with Crippen molar-refractivity contribution in [1.82, 2.24) is 4.98 Å². The maximum Gasteiger partial charge on any atom is 0.150 e. The Labute approximate surface area is 138 Å². The Morgan fingerprint density at radius 2 is 2.14 bits per heavy atom. The Balaban J connectivity index is 1.78. The van der Waals surface area contributed by atoms with E-state index in [0.717, 1.165) is 24.7 Å². The highest BCUT2D eigenvalue weighted by atomic mass is 79.9. The molecule has 6 heteroatoms. The highest BCUT2D eigenvalue weighted by Gasteiger charge is 2.05. The van der Waals surface area contributed by atoms with Gasteiger partial charge in [-0.25, -0.2) is 9.37 Å². The highest BCUT2D eigenvalue weighted by Crippen LogP contribution is 2.30. The largest absolute Gasteiger partial charge is 0.381 e. The molecule has 1 heterocycles. The zero-order chi connectivity index (χ0) is 14.8. The van der Waals surface area contributed by atoms with E-state index in [9.17, 15) is 4.39 Å². The predicted molar refractivity (Wildman–Crippen MR) is 92.8 cm³/mol. The van der Waals surface area contributed by atoms with Crippen molar-refractivity contribution in [3.8, 4) is 0 Å². The molecule has 108 valence electrons. The molecule has 0 bridgehead atoms. The van der Waals surface area contributed by atoms with Gasteiger partial charge in [0.05, 0.1) is 10.2 Å². The average Bonchev–Trinajstić information content (AvgIpc) is 2.88. The van der Waals surface area contributed by atoms with E-state index in [1.54, 1.807) is 29.2 Å². The molecule has 0 saturated carbocycles. The molecule has 3 rings (SSSR count). The van der Waals surface area contributed by atoms with Crippen molar-refractivity contribution in [2.45, 2.75) is 10.9 Å². The summed E-state index contributed by atoms with van der Waals surface area (Å²) in [5, 5.41) is 3.26. The maximum absolute atomic E-state index is 13.8. The number of rotatable bonds is 4. The minimum atomic E-state index is -0.208. The lowest BCUT2D eigenvalue weighted by molar-refractivity contribution is 0.612. The number of aromatic nitrogens is 1. The fourth-order valence-electron chi connectivity index (χ4n) is 1.96. The van der Waals surface area contributed by atoms with E-state index < -0.39 is 0 Å². The third-order valence-corrected chi connectivity index (χ3v) is 5.54. The van der Waals surface area contributed by atoms with Crippen molar-refractivity contribution >= 4 is 54.9 Å². The van der Waals surface area contributed by atoms with Crippen LogP contribution < -0.4 is 5.32 Å². The van der Waals surface area contributed by atoms with Crippen molar-refractivity contribution in [1.29, 1.82) is 0 Å². The number of thiazole rings is 1. The Morgan fingerprint density at radius 1 is 1.29 bits per heavy atom. The first-order chi connectivity index (χ1) is 10.2. The lowest BCUT2D eigenvalue weighted by Gasteiger charge is -2.07. The van der Waals surface area contributed by atoms with Crippen molar-refractivity contribution in [2.75, 3.05) is 11.6 Å². The van der Waals surface area contributed by atoms with Gasteiger partial charge in [-0.2, -0.15) is 0 Å². The predicted octanol–water partition coefficient (Wildman–Crippen LogP) is 5.53. The maximum atomic E-state index is 13.8. The second-order valence-electron chi connectivity index (χ2n) is 4.46. The van der Waals surface area contributed by atoms with Crippen LogP contribution in [0.15, 0.2) is 45.2 Å². The van der Waals surface area contributed by atoms with Gasteiger partial charge in [-0.15, -0.1) is 11.3 Å². The average molecular weight is 383 g/mol. The van der Waals surface area contributed by atoms with Gasteiger partial charge < -0.3 is 5.32 Å². The minimum Gasteiger partial charge on any atom is -0.381 e. The molecule has 0 radical (unpaired) electrons. The Bertz CT molecular complexity index is 788. The molecule has 1 aromatic heterocycles. The Kier molecular flexibility index (Phi) is 4.47.